The standard InChI is InChI=1S/C8H17.2C2H4O2S3.CH3.Sn/c1-4-5-6-7-8(2)3;2*3-1(4)2(5,6)7;;/h8H,1,4-7H2,2-3H3;2*5-7H,(H,3,4);1H3;/q;;;;+2/p-2. The first-order valence-corrected chi connectivity index (χ1v) is 14.6. The van der Waals surface area contributed by atoms with Crippen LogP contribution in [-0.4, -0.2) is 39.9 Å². The number of unbranched alkanes of at least 4 members (excludes halogenated alkanes) is 2. The van der Waals surface area contributed by atoms with Crippen LogP contribution < -0.4 is 10.2 Å². The summed E-state index contributed by atoms with van der Waals surface area (Å²) < 4.78 is -1.62. The minimum absolute atomic E-state index is 0.144. The summed E-state index contributed by atoms with van der Waals surface area (Å²) in [6, 6.07) is 0. The molecular formula is C13H26O4S6Sn. The number of thiol groups is 6. The first kappa shape index (κ1) is 30.6. The van der Waals surface area contributed by atoms with Crippen LogP contribution in [0.3, 0.4) is 0 Å². The number of hydrogen-bond acceptors (Lipinski definition) is 10. The maximum absolute atomic E-state index is 9.68. The van der Waals surface area contributed by atoms with E-state index in [9.17, 15) is 19.8 Å². The summed E-state index contributed by atoms with van der Waals surface area (Å²) >= 11 is 20.6. The third kappa shape index (κ3) is 28.6. The molecule has 0 atom stereocenters. The zero-order valence-electron chi connectivity index (χ0n) is 13.9. The third-order valence-corrected chi connectivity index (χ3v) is 5.79. The maximum atomic E-state index is 9.68. The molecule has 0 saturated heterocycles. The molecule has 0 heterocycles. The van der Waals surface area contributed by atoms with Crippen molar-refractivity contribution in [2.75, 3.05) is 0 Å². The van der Waals surface area contributed by atoms with Gasteiger partial charge in [-0.15, -0.1) is 75.8 Å². The molecule has 142 valence electrons. The van der Waals surface area contributed by atoms with Crippen LogP contribution in [0.4, 0.5) is 0 Å². The van der Waals surface area contributed by atoms with Gasteiger partial charge in [0.2, 0.25) is 0 Å². The van der Waals surface area contributed by atoms with E-state index in [4.69, 9.17) is 0 Å². The van der Waals surface area contributed by atoms with Crippen molar-refractivity contribution in [1.29, 1.82) is 0 Å². The molecule has 0 aliphatic carbocycles. The molecule has 0 amide bonds. The Balaban J connectivity index is -0.000000283. The van der Waals surface area contributed by atoms with E-state index in [-0.39, 0.29) is 21.1 Å². The summed E-state index contributed by atoms with van der Waals surface area (Å²) in [6.07, 6.45) is 5.92. The zero-order chi connectivity index (χ0) is 20.0. The van der Waals surface area contributed by atoms with Gasteiger partial charge in [-0.05, 0) is 0 Å². The molecule has 0 aliphatic rings. The van der Waals surface area contributed by atoms with Crippen LogP contribution in [0.5, 0.6) is 0 Å². The van der Waals surface area contributed by atoms with Crippen LogP contribution in [0, 0.1) is 5.92 Å². The second-order valence-corrected chi connectivity index (χ2v) is 14.8. The Bertz CT molecular complexity index is 318. The van der Waals surface area contributed by atoms with Crippen LogP contribution in [0.2, 0.25) is 9.38 Å². The van der Waals surface area contributed by atoms with Crippen molar-refractivity contribution < 1.29 is 19.8 Å². The van der Waals surface area contributed by atoms with Crippen molar-refractivity contribution in [3.8, 4) is 0 Å². The van der Waals surface area contributed by atoms with Crippen molar-refractivity contribution in [2.45, 2.75) is 55.7 Å². The summed E-state index contributed by atoms with van der Waals surface area (Å²) in [5.74, 6) is -1.91. The van der Waals surface area contributed by atoms with Crippen LogP contribution in [0.1, 0.15) is 39.5 Å². The zero-order valence-corrected chi connectivity index (χ0v) is 22.1. The number of carboxylic acid groups (broad SMARTS) is 2. The number of carbonyl (C=O) groups is 2. The van der Waals surface area contributed by atoms with Gasteiger partial charge in [0.1, 0.15) is 6.82 Å². The molecule has 0 radical (unpaired) electrons. The molecule has 24 heavy (non-hydrogen) atoms. The van der Waals surface area contributed by atoms with E-state index in [1.54, 1.807) is 4.44 Å². The normalized spacial score (nSPS) is 10.8. The Morgan fingerprint density at radius 3 is 1.42 bits per heavy atom. The first-order chi connectivity index (χ1) is 10.7. The van der Waals surface area contributed by atoms with E-state index in [1.807, 2.05) is 0 Å². The summed E-state index contributed by atoms with van der Waals surface area (Å²) in [6.45, 7) is 4.63. The molecule has 0 bridgehead atoms. The van der Waals surface area contributed by atoms with Crippen molar-refractivity contribution in [3.63, 3.8) is 0 Å². The van der Waals surface area contributed by atoms with E-state index in [0.29, 0.717) is 0 Å². The molecule has 4 nitrogen and oxygen atoms in total. The predicted molar refractivity (Wildman–Crippen MR) is 119 cm³/mol. The molecule has 0 fully saturated rings. The van der Waals surface area contributed by atoms with Crippen LogP contribution in [0.15, 0.2) is 0 Å². The van der Waals surface area contributed by atoms with Gasteiger partial charge < -0.3 is 19.8 Å². The third-order valence-electron chi connectivity index (χ3n) is 2.26. The number of carbonyl (C=O) groups excluding carboxylic acids is 2. The van der Waals surface area contributed by atoms with Crippen molar-refractivity contribution >= 4 is 109 Å². The van der Waals surface area contributed by atoms with Crippen LogP contribution in [0.25, 0.3) is 0 Å². The quantitative estimate of drug-likeness (QED) is 0.119. The van der Waals surface area contributed by atoms with Gasteiger partial charge in [-0.25, -0.2) is 0 Å². The van der Waals surface area contributed by atoms with Gasteiger partial charge in [0.25, 0.3) is 0 Å². The molecule has 0 rings (SSSR count). The fraction of sp³-hybridized carbons (Fsp3) is 0.846. The summed E-state index contributed by atoms with van der Waals surface area (Å²) in [4.78, 5) is 21.8. The fourth-order valence-corrected chi connectivity index (χ4v) is 2.75. The SMILES string of the molecule is O=C([O-])C(S)(S)S.O=C([O-])C(S)(S)S.[CH3][Sn+2][CH2]CCCCC(C)C. The van der Waals surface area contributed by atoms with E-state index in [0.717, 1.165) is 5.92 Å². The molecule has 0 aromatic heterocycles. The van der Waals surface area contributed by atoms with Crippen LogP contribution in [-0.2, 0) is 9.59 Å². The van der Waals surface area contributed by atoms with Crippen molar-refractivity contribution in [1.82, 2.24) is 0 Å². The first-order valence-electron chi connectivity index (χ1n) is 7.07. The molecule has 0 spiro atoms. The van der Waals surface area contributed by atoms with E-state index >= 15 is 0 Å². The number of hydrogen-bond donors (Lipinski definition) is 6. The summed E-state index contributed by atoms with van der Waals surface area (Å²) in [7, 11) is 0. The Kier molecular flexibility index (Phi) is 21.6. The Morgan fingerprint density at radius 2 is 1.21 bits per heavy atom. The summed E-state index contributed by atoms with van der Waals surface area (Å²) in [5.41, 5.74) is 0. The van der Waals surface area contributed by atoms with Gasteiger partial charge in [0.15, 0.2) is 0 Å². The minimum atomic E-state index is -1.61. The molecule has 0 N–H and O–H groups in total. The van der Waals surface area contributed by atoms with Gasteiger partial charge in [-0.3, -0.25) is 0 Å². The Hall–Kier alpha value is 1.84. The van der Waals surface area contributed by atoms with Gasteiger partial charge >= 0.3 is 76.0 Å². The molecule has 0 saturated carbocycles. The average molecular weight is 557 g/mol. The van der Waals surface area contributed by atoms with Crippen molar-refractivity contribution in [2.24, 2.45) is 5.92 Å². The molecule has 0 aromatic rings. The monoisotopic (exact) mass is 558 g/mol. The van der Waals surface area contributed by atoms with E-state index in [1.165, 1.54) is 25.7 Å². The topological polar surface area (TPSA) is 80.3 Å². The Morgan fingerprint density at radius 1 is 0.875 bits per heavy atom. The molecular weight excluding hydrogens is 531 g/mol. The van der Waals surface area contributed by atoms with Gasteiger partial charge in [-0.1, -0.05) is 0 Å². The van der Waals surface area contributed by atoms with E-state index < -0.39 is 18.8 Å². The van der Waals surface area contributed by atoms with Crippen LogP contribution >= 0.6 is 75.8 Å². The Labute approximate surface area is 188 Å². The number of aliphatic carboxylic acids is 2. The number of rotatable bonds is 8. The molecule has 11 heteroatoms. The molecule has 0 unspecified atom stereocenters. The predicted octanol–water partition coefficient (Wildman–Crippen LogP) is 1.73. The summed E-state index contributed by atoms with van der Waals surface area (Å²) in [5, 5.41) is 19.4. The van der Waals surface area contributed by atoms with Gasteiger partial charge in [0, 0.05) is 0 Å². The molecule has 0 aliphatic heterocycles. The second kappa shape index (κ2) is 17.0. The fourth-order valence-electron chi connectivity index (χ4n) is 1.03. The number of carboxylic acids is 2. The average Bonchev–Trinajstić information content (AvgIpc) is 2.37. The molecule has 0 aromatic carbocycles. The van der Waals surface area contributed by atoms with Gasteiger partial charge in [-0.2, -0.15) is 0 Å². The van der Waals surface area contributed by atoms with Crippen molar-refractivity contribution in [3.05, 3.63) is 0 Å². The van der Waals surface area contributed by atoms with E-state index in [2.05, 4.69) is 94.6 Å². The van der Waals surface area contributed by atoms with Gasteiger partial charge in [0.05, 0.1) is 11.9 Å². The second-order valence-electron chi connectivity index (χ2n) is 5.19.